The van der Waals surface area contributed by atoms with Crippen molar-refractivity contribution in [3.05, 3.63) is 70.3 Å². The van der Waals surface area contributed by atoms with E-state index in [1.165, 1.54) is 6.08 Å². The summed E-state index contributed by atoms with van der Waals surface area (Å²) >= 11 is 0. The fraction of sp³-hybridized carbons (Fsp3) is 0.105. The molecule has 0 radical (unpaired) electrons. The first-order chi connectivity index (χ1) is 12.5. The van der Waals surface area contributed by atoms with Crippen LogP contribution in [0.2, 0.25) is 0 Å². The molecule has 0 bridgehead atoms. The van der Waals surface area contributed by atoms with Crippen molar-refractivity contribution in [2.45, 2.75) is 12.0 Å². The van der Waals surface area contributed by atoms with E-state index >= 15 is 0 Å². The van der Waals surface area contributed by atoms with Crippen molar-refractivity contribution < 1.29 is 22.7 Å². The highest BCUT2D eigenvalue weighted by Gasteiger charge is 2.45. The van der Waals surface area contributed by atoms with Gasteiger partial charge >= 0.3 is 0 Å². The van der Waals surface area contributed by atoms with Gasteiger partial charge in [0, 0.05) is 17.6 Å². The Balaban J connectivity index is 1.82. The number of ether oxygens (including phenoxy) is 1. The van der Waals surface area contributed by atoms with Crippen LogP contribution in [0.4, 0.5) is 0 Å². The molecule has 1 amide bonds. The Bertz CT molecular complexity index is 1190. The molecule has 1 N–H and O–H groups in total. The Morgan fingerprint density at radius 3 is 2.81 bits per heavy atom. The van der Waals surface area contributed by atoms with Crippen molar-refractivity contribution in [2.75, 3.05) is 0 Å². The molecular formula is C19H11NO5S. The third-order valence-electron chi connectivity index (χ3n) is 4.98. The van der Waals surface area contributed by atoms with Crippen molar-refractivity contribution in [1.29, 1.82) is 0 Å². The predicted octanol–water partition coefficient (Wildman–Crippen LogP) is 1.33. The molecule has 26 heavy (non-hydrogen) atoms. The zero-order valence-corrected chi connectivity index (χ0v) is 14.1. The van der Waals surface area contributed by atoms with Crippen LogP contribution in [0.1, 0.15) is 27.9 Å². The highest BCUT2D eigenvalue weighted by Crippen LogP contribution is 2.48. The summed E-state index contributed by atoms with van der Waals surface area (Å²) in [6, 6.07) is 3.32. The van der Waals surface area contributed by atoms with Crippen molar-refractivity contribution >= 4 is 33.0 Å². The van der Waals surface area contributed by atoms with Crippen molar-refractivity contribution in [1.82, 2.24) is 5.32 Å². The first-order valence-corrected chi connectivity index (χ1v) is 9.03. The van der Waals surface area contributed by atoms with Crippen LogP contribution in [0, 0.1) is 0 Å². The van der Waals surface area contributed by atoms with Crippen LogP contribution in [0.5, 0.6) is 5.75 Å². The summed E-state index contributed by atoms with van der Waals surface area (Å²) in [5.74, 6) is -0.176. The molecule has 1 spiro atoms. The van der Waals surface area contributed by atoms with Gasteiger partial charge in [0.1, 0.15) is 5.75 Å². The van der Waals surface area contributed by atoms with Crippen LogP contribution in [-0.4, -0.2) is 30.7 Å². The summed E-state index contributed by atoms with van der Waals surface area (Å²) < 4.78 is 29.5. The van der Waals surface area contributed by atoms with Crippen LogP contribution in [-0.2, 0) is 15.1 Å². The number of carbonyl (C=O) groups is 2. The smallest absolute Gasteiger partial charge is 0.257 e. The molecule has 1 unspecified atom stereocenters. The number of hydrogen-bond donors (Lipinski definition) is 1. The van der Waals surface area contributed by atoms with Crippen LogP contribution in [0.25, 0.3) is 6.08 Å². The first kappa shape index (κ1) is 15.1. The van der Waals surface area contributed by atoms with Crippen LogP contribution >= 0.6 is 0 Å². The van der Waals surface area contributed by atoms with Crippen molar-refractivity contribution in [2.24, 2.45) is 0 Å². The van der Waals surface area contributed by atoms with E-state index in [0.29, 0.717) is 11.3 Å². The maximum atomic E-state index is 12.1. The van der Waals surface area contributed by atoms with Gasteiger partial charge in [-0.3, -0.25) is 9.59 Å². The van der Waals surface area contributed by atoms with E-state index in [2.05, 4.69) is 5.32 Å². The zero-order chi connectivity index (χ0) is 18.1. The second kappa shape index (κ2) is 4.92. The Morgan fingerprint density at radius 1 is 1.15 bits per heavy atom. The fourth-order valence-corrected chi connectivity index (χ4v) is 4.33. The zero-order valence-electron chi connectivity index (χ0n) is 13.3. The van der Waals surface area contributed by atoms with Crippen molar-refractivity contribution in [3.8, 4) is 5.75 Å². The molecule has 128 valence electrons. The lowest BCUT2D eigenvalue weighted by Gasteiger charge is -2.41. The maximum absolute atomic E-state index is 12.1. The Morgan fingerprint density at radius 2 is 2.00 bits per heavy atom. The van der Waals surface area contributed by atoms with E-state index in [9.17, 15) is 18.0 Å². The lowest BCUT2D eigenvalue weighted by Crippen LogP contribution is -2.43. The lowest BCUT2D eigenvalue weighted by atomic mass is 9.74. The number of nitrogens with one attached hydrogen (secondary N) is 1. The van der Waals surface area contributed by atoms with Crippen LogP contribution in [0.15, 0.2) is 53.7 Å². The summed E-state index contributed by atoms with van der Waals surface area (Å²) in [5.41, 5.74) is 1.86. The number of rotatable bonds is 0. The molecule has 0 fully saturated rings. The van der Waals surface area contributed by atoms with Gasteiger partial charge in [-0.25, -0.2) is 0 Å². The van der Waals surface area contributed by atoms with Gasteiger partial charge < -0.3 is 10.1 Å². The fourth-order valence-electron chi connectivity index (χ4n) is 3.79. The van der Waals surface area contributed by atoms with E-state index in [0.717, 1.165) is 11.1 Å². The van der Waals surface area contributed by atoms with Gasteiger partial charge in [-0.1, -0.05) is 24.3 Å². The molecule has 0 saturated carbocycles. The number of allylic oxidation sites excluding steroid dienone is 3. The average Bonchev–Trinajstić information content (AvgIpc) is 2.96. The Labute approximate surface area is 149 Å². The number of amides is 1. The van der Waals surface area contributed by atoms with E-state index in [4.69, 9.17) is 4.74 Å². The van der Waals surface area contributed by atoms with E-state index < -0.39 is 21.8 Å². The molecule has 7 heteroatoms. The third-order valence-corrected chi connectivity index (χ3v) is 5.61. The van der Waals surface area contributed by atoms with Gasteiger partial charge in [0.25, 0.3) is 5.91 Å². The molecule has 2 aliphatic carbocycles. The van der Waals surface area contributed by atoms with E-state index in [1.807, 2.05) is 24.3 Å². The van der Waals surface area contributed by atoms with Gasteiger partial charge in [0.15, 0.2) is 16.4 Å². The minimum atomic E-state index is -2.62. The normalized spacial score (nSPS) is 24.5. The van der Waals surface area contributed by atoms with Crippen molar-refractivity contribution in [3.63, 3.8) is 0 Å². The molecule has 2 heterocycles. The molecule has 0 aromatic heterocycles. The SMILES string of the molecule is O=C1C=CC23Oc4c(ccc5c4C(=S(=O)=O)NC5=O)C=C2C=CC=C3C1. The highest BCUT2D eigenvalue weighted by molar-refractivity contribution is 7.73. The second-order valence-corrected chi connectivity index (χ2v) is 7.27. The molecule has 1 aromatic carbocycles. The number of carbonyl (C=O) groups excluding carboxylic acids is 2. The Hall–Kier alpha value is -3.19. The summed E-state index contributed by atoms with van der Waals surface area (Å²) in [4.78, 5) is 23.8. The molecular weight excluding hydrogens is 354 g/mol. The summed E-state index contributed by atoms with van der Waals surface area (Å²) in [6.45, 7) is 0. The number of hydrogen-bond acceptors (Lipinski definition) is 5. The van der Waals surface area contributed by atoms with Gasteiger partial charge in [-0.2, -0.15) is 8.42 Å². The first-order valence-electron chi connectivity index (χ1n) is 7.95. The van der Waals surface area contributed by atoms with E-state index in [1.54, 1.807) is 18.2 Å². The predicted molar refractivity (Wildman–Crippen MR) is 94.3 cm³/mol. The molecule has 2 aliphatic heterocycles. The largest absolute Gasteiger partial charge is 0.473 e. The van der Waals surface area contributed by atoms with Gasteiger partial charge in [-0.15, -0.1) is 0 Å². The highest BCUT2D eigenvalue weighted by atomic mass is 32.2. The minimum Gasteiger partial charge on any atom is -0.473 e. The lowest BCUT2D eigenvalue weighted by molar-refractivity contribution is -0.114. The number of fused-ring (bicyclic) bond motifs is 3. The standard InChI is InChI=1S/C19H11NO5S/c21-13-6-7-19-11(2-1-3-12(19)9-13)8-10-4-5-14-15(16(10)25-19)18(26(23)24)20-17(14)22/h1-8H,9H2,(H,20,22). The molecule has 1 aromatic rings. The minimum absolute atomic E-state index is 0.0195. The topological polar surface area (TPSA) is 89.5 Å². The van der Waals surface area contributed by atoms with Gasteiger partial charge in [0.05, 0.1) is 11.1 Å². The quantitative estimate of drug-likeness (QED) is 0.701. The number of benzene rings is 1. The van der Waals surface area contributed by atoms with Crippen LogP contribution < -0.4 is 10.1 Å². The monoisotopic (exact) mass is 365 g/mol. The summed E-state index contributed by atoms with van der Waals surface area (Å²) in [7, 11) is -2.62. The Kier molecular flexibility index (Phi) is 2.86. The average molecular weight is 365 g/mol. The maximum Gasteiger partial charge on any atom is 0.257 e. The summed E-state index contributed by atoms with van der Waals surface area (Å²) in [6.07, 6.45) is 10.9. The number of ketones is 1. The van der Waals surface area contributed by atoms with E-state index in [-0.39, 0.29) is 28.3 Å². The second-order valence-electron chi connectivity index (χ2n) is 6.39. The summed E-state index contributed by atoms with van der Waals surface area (Å²) in [5, 5.41) is 2.38. The van der Waals surface area contributed by atoms with Gasteiger partial charge in [-0.05, 0) is 29.9 Å². The molecule has 5 rings (SSSR count). The molecule has 0 saturated heterocycles. The van der Waals surface area contributed by atoms with Gasteiger partial charge in [0.2, 0.25) is 10.3 Å². The van der Waals surface area contributed by atoms with Crippen LogP contribution in [0.3, 0.4) is 0 Å². The molecule has 1 atom stereocenters. The third kappa shape index (κ3) is 1.83. The molecule has 4 aliphatic rings. The molecule has 6 nitrogen and oxygen atoms in total.